The van der Waals surface area contributed by atoms with E-state index in [1.54, 1.807) is 0 Å². The van der Waals surface area contributed by atoms with Crippen LogP contribution in [0, 0.1) is 0 Å². The van der Waals surface area contributed by atoms with E-state index in [2.05, 4.69) is 51.3 Å². The van der Waals surface area contributed by atoms with Crippen molar-refractivity contribution in [2.45, 2.75) is 33.6 Å². The predicted molar refractivity (Wildman–Crippen MR) is 82.4 cm³/mol. The molecule has 0 fully saturated rings. The quantitative estimate of drug-likeness (QED) is 0.558. The summed E-state index contributed by atoms with van der Waals surface area (Å²) in [5.41, 5.74) is 0. The van der Waals surface area contributed by atoms with E-state index >= 15 is 0 Å². The van der Waals surface area contributed by atoms with Crippen LogP contribution in [0.3, 0.4) is 0 Å². The van der Waals surface area contributed by atoms with Crippen molar-refractivity contribution in [1.82, 2.24) is 15.0 Å². The normalized spacial score (nSPS) is 10.4. The third kappa shape index (κ3) is 5.16. The summed E-state index contributed by atoms with van der Waals surface area (Å²) in [6.07, 6.45) is 1.68. The average molecular weight is 282 g/mol. The summed E-state index contributed by atoms with van der Waals surface area (Å²) in [6.45, 7) is 9.58. The highest BCUT2D eigenvalue weighted by atomic mass is 16.3. The molecule has 0 aliphatic heterocycles. The first-order valence-electron chi connectivity index (χ1n) is 7.34. The molecule has 7 heteroatoms. The number of rotatable bonds is 10. The Morgan fingerprint density at radius 2 is 1.55 bits per heavy atom. The molecule has 0 aliphatic carbocycles. The molecular formula is C13H26N6O. The molecule has 1 aromatic rings. The molecule has 0 aliphatic rings. The summed E-state index contributed by atoms with van der Waals surface area (Å²) in [4.78, 5) is 15.3. The van der Waals surface area contributed by atoms with Crippen LogP contribution in [-0.4, -0.2) is 52.8 Å². The Labute approximate surface area is 120 Å². The van der Waals surface area contributed by atoms with Crippen LogP contribution in [0.25, 0.3) is 0 Å². The van der Waals surface area contributed by atoms with Crippen LogP contribution >= 0.6 is 0 Å². The first-order valence-corrected chi connectivity index (χ1v) is 7.34. The highest BCUT2D eigenvalue weighted by Crippen LogP contribution is 2.13. The zero-order valence-electron chi connectivity index (χ0n) is 12.7. The van der Waals surface area contributed by atoms with E-state index < -0.39 is 0 Å². The van der Waals surface area contributed by atoms with Gasteiger partial charge in [-0.1, -0.05) is 6.92 Å². The van der Waals surface area contributed by atoms with Crippen LogP contribution in [0.4, 0.5) is 17.8 Å². The van der Waals surface area contributed by atoms with Crippen molar-refractivity contribution in [3.05, 3.63) is 0 Å². The second-order valence-corrected chi connectivity index (χ2v) is 4.39. The van der Waals surface area contributed by atoms with Crippen LogP contribution in [0.2, 0.25) is 0 Å². The van der Waals surface area contributed by atoms with E-state index in [-0.39, 0.29) is 6.61 Å². The lowest BCUT2D eigenvalue weighted by Crippen LogP contribution is -2.25. The number of nitrogens with one attached hydrogen (secondary N) is 2. The number of aromatic nitrogens is 3. The molecule has 0 bridgehead atoms. The van der Waals surface area contributed by atoms with E-state index in [4.69, 9.17) is 5.11 Å². The minimum atomic E-state index is 0.155. The molecule has 1 aromatic heterocycles. The Kier molecular flexibility index (Phi) is 7.64. The second-order valence-electron chi connectivity index (χ2n) is 4.39. The van der Waals surface area contributed by atoms with Gasteiger partial charge in [0.25, 0.3) is 0 Å². The van der Waals surface area contributed by atoms with Gasteiger partial charge in [-0.15, -0.1) is 0 Å². The molecule has 0 saturated carbocycles. The van der Waals surface area contributed by atoms with Gasteiger partial charge in [0, 0.05) is 32.8 Å². The second kappa shape index (κ2) is 9.30. The summed E-state index contributed by atoms with van der Waals surface area (Å²) in [7, 11) is 0. The van der Waals surface area contributed by atoms with Crippen molar-refractivity contribution >= 4 is 17.8 Å². The molecule has 114 valence electrons. The topological polar surface area (TPSA) is 86.2 Å². The molecule has 0 spiro atoms. The molecule has 0 radical (unpaired) electrons. The number of hydrogen-bond donors (Lipinski definition) is 3. The molecule has 0 atom stereocenters. The van der Waals surface area contributed by atoms with Crippen LogP contribution in [-0.2, 0) is 0 Å². The third-order valence-electron chi connectivity index (χ3n) is 2.82. The fourth-order valence-electron chi connectivity index (χ4n) is 1.69. The number of anilines is 3. The van der Waals surface area contributed by atoms with Crippen LogP contribution in [0.1, 0.15) is 33.6 Å². The van der Waals surface area contributed by atoms with Crippen LogP contribution < -0.4 is 15.5 Å². The van der Waals surface area contributed by atoms with E-state index in [1.165, 1.54) is 0 Å². The van der Waals surface area contributed by atoms with E-state index in [0.717, 1.165) is 26.1 Å². The Morgan fingerprint density at radius 1 is 0.950 bits per heavy atom. The van der Waals surface area contributed by atoms with E-state index in [1.807, 2.05) is 0 Å². The Balaban J connectivity index is 2.88. The van der Waals surface area contributed by atoms with Crippen molar-refractivity contribution < 1.29 is 5.11 Å². The van der Waals surface area contributed by atoms with E-state index in [0.29, 0.717) is 30.8 Å². The molecule has 0 aromatic carbocycles. The fraction of sp³-hybridized carbons (Fsp3) is 0.769. The first kappa shape index (κ1) is 16.4. The van der Waals surface area contributed by atoms with Gasteiger partial charge >= 0.3 is 0 Å². The summed E-state index contributed by atoms with van der Waals surface area (Å²) in [5.74, 6) is 1.82. The summed E-state index contributed by atoms with van der Waals surface area (Å²) < 4.78 is 0. The molecular weight excluding hydrogens is 256 g/mol. The lowest BCUT2D eigenvalue weighted by atomic mass is 10.4. The van der Waals surface area contributed by atoms with Gasteiger partial charge in [0.05, 0.1) is 0 Å². The number of aliphatic hydroxyl groups is 1. The predicted octanol–water partition coefficient (Wildman–Crippen LogP) is 1.33. The molecule has 1 rings (SSSR count). The molecule has 0 saturated heterocycles. The molecule has 0 amide bonds. The van der Waals surface area contributed by atoms with Crippen molar-refractivity contribution in [2.24, 2.45) is 0 Å². The lowest BCUT2D eigenvalue weighted by molar-refractivity contribution is 0.292. The number of nitrogens with zero attached hydrogens (tertiary/aromatic N) is 4. The van der Waals surface area contributed by atoms with Gasteiger partial charge in [-0.3, -0.25) is 0 Å². The summed E-state index contributed by atoms with van der Waals surface area (Å²) >= 11 is 0. The maximum Gasteiger partial charge on any atom is 0.231 e. The monoisotopic (exact) mass is 282 g/mol. The van der Waals surface area contributed by atoms with Gasteiger partial charge in [0.15, 0.2) is 0 Å². The van der Waals surface area contributed by atoms with Gasteiger partial charge in [-0.05, 0) is 26.7 Å². The minimum Gasteiger partial charge on any atom is -0.396 e. The standard InChI is InChI=1S/C13H26N6O/c1-4-8-14-11-16-12(15-9-7-10-20)18-13(17-11)19(5-2)6-3/h20H,4-10H2,1-3H3,(H2,14,15,16,17,18). The highest BCUT2D eigenvalue weighted by Gasteiger charge is 2.10. The summed E-state index contributed by atoms with van der Waals surface area (Å²) in [5, 5.41) is 15.1. The maximum atomic E-state index is 8.82. The smallest absolute Gasteiger partial charge is 0.231 e. The zero-order valence-corrected chi connectivity index (χ0v) is 12.7. The Bertz CT molecular complexity index is 383. The third-order valence-corrected chi connectivity index (χ3v) is 2.82. The Morgan fingerprint density at radius 3 is 2.05 bits per heavy atom. The fourth-order valence-corrected chi connectivity index (χ4v) is 1.69. The first-order chi connectivity index (χ1) is 9.74. The van der Waals surface area contributed by atoms with Crippen molar-refractivity contribution in [3.8, 4) is 0 Å². The van der Waals surface area contributed by atoms with Gasteiger partial charge in [0.2, 0.25) is 17.8 Å². The Hall–Kier alpha value is -1.63. The lowest BCUT2D eigenvalue weighted by Gasteiger charge is -2.19. The van der Waals surface area contributed by atoms with Gasteiger partial charge in [-0.25, -0.2) is 0 Å². The molecule has 0 unspecified atom stereocenters. The van der Waals surface area contributed by atoms with Gasteiger partial charge in [-0.2, -0.15) is 15.0 Å². The van der Waals surface area contributed by atoms with Crippen molar-refractivity contribution in [3.63, 3.8) is 0 Å². The summed E-state index contributed by atoms with van der Waals surface area (Å²) in [6, 6.07) is 0. The van der Waals surface area contributed by atoms with Gasteiger partial charge in [0.1, 0.15) is 0 Å². The van der Waals surface area contributed by atoms with E-state index in [9.17, 15) is 0 Å². The maximum absolute atomic E-state index is 8.82. The SMILES string of the molecule is CCCNc1nc(NCCCO)nc(N(CC)CC)n1. The molecule has 3 N–H and O–H groups in total. The average Bonchev–Trinajstić information content (AvgIpc) is 2.47. The molecule has 1 heterocycles. The zero-order chi connectivity index (χ0) is 14.8. The van der Waals surface area contributed by atoms with Crippen LogP contribution in [0.15, 0.2) is 0 Å². The van der Waals surface area contributed by atoms with Crippen molar-refractivity contribution in [2.75, 3.05) is 48.3 Å². The highest BCUT2D eigenvalue weighted by molar-refractivity contribution is 5.43. The number of aliphatic hydroxyl groups excluding tert-OH is 1. The molecule has 7 nitrogen and oxygen atoms in total. The number of hydrogen-bond acceptors (Lipinski definition) is 7. The van der Waals surface area contributed by atoms with Crippen molar-refractivity contribution in [1.29, 1.82) is 0 Å². The minimum absolute atomic E-state index is 0.155. The largest absolute Gasteiger partial charge is 0.396 e. The molecule has 20 heavy (non-hydrogen) atoms. The van der Waals surface area contributed by atoms with Gasteiger partial charge < -0.3 is 20.6 Å². The van der Waals surface area contributed by atoms with Crippen LogP contribution in [0.5, 0.6) is 0 Å².